The van der Waals surface area contributed by atoms with Crippen molar-refractivity contribution in [1.29, 1.82) is 0 Å². The quantitative estimate of drug-likeness (QED) is 0.272. The maximum absolute atomic E-state index is 8.52. The molecule has 0 saturated heterocycles. The molecule has 0 radical (unpaired) electrons. The normalized spacial score (nSPS) is 3.60. The van der Waals surface area contributed by atoms with Crippen LogP contribution in [0.4, 0.5) is 0 Å². The van der Waals surface area contributed by atoms with E-state index in [0.29, 0.717) is 0 Å². The first-order valence-electron chi connectivity index (χ1n) is 1.84. The standard InChI is InChI=1S/2Al.6Ca.3O3Si.12H/c;;;;;;;;3*1-4(2)3;;;;;;;;;;;;/q2*+3;6*+2;3*-2;12*-1. The third kappa shape index (κ3) is 273. The third-order valence-corrected chi connectivity index (χ3v) is 0. The van der Waals surface area contributed by atoms with E-state index in [1.807, 2.05) is 0 Å². The summed E-state index contributed by atoms with van der Waals surface area (Å²) >= 11 is 0. The average Bonchev–Trinajstić information content (AvgIpc) is 1.54. The topological polar surface area (TPSA) is 190 Å². The molecule has 0 fully saturated rings. The van der Waals surface area contributed by atoms with Crippen molar-refractivity contribution in [2.45, 2.75) is 0 Å². The molecule has 0 aliphatic heterocycles. The molecule has 0 bridgehead atoms. The Kier molecular flexibility index (Phi) is 225. The zero-order valence-corrected chi connectivity index (χ0v) is 29.1. The molecule has 0 N–H and O–H groups in total. The molecule has 0 aliphatic carbocycles. The SMILES string of the molecule is O=[Si]([O-])[O-].O=[Si]([O-])[O-].O=[Si]([O-])[O-].[Al+3].[Al+3].[Ca+2].[Ca+2].[Ca+2].[Ca+2].[Ca+2].[Ca+2].[H-].[H-].[H-].[H-].[H-].[H-].[H-].[H-].[H-].[H-].[H-].[H-]. The van der Waals surface area contributed by atoms with Gasteiger partial charge in [0.25, 0.3) is 0 Å². The first-order valence-corrected chi connectivity index (χ1v) is 5.51. The molecule has 20 heteroatoms. The van der Waals surface area contributed by atoms with E-state index in [2.05, 4.69) is 0 Å². The number of hydrogen-bond donors (Lipinski definition) is 0. The van der Waals surface area contributed by atoms with Crippen LogP contribution in [0.25, 0.3) is 0 Å². The van der Waals surface area contributed by atoms with E-state index in [-0.39, 0.29) is 278 Å². The van der Waals surface area contributed by atoms with Gasteiger partial charge in [-0.15, -0.1) is 0 Å². The molecule has 96 valence electrons. The van der Waals surface area contributed by atoms with Crippen LogP contribution in [0.2, 0.25) is 0 Å². The monoisotopic (exact) mass is 534 g/mol. The summed E-state index contributed by atoms with van der Waals surface area (Å²) in [5.41, 5.74) is 0. The molecule has 0 atom stereocenters. The van der Waals surface area contributed by atoms with Crippen molar-refractivity contribution in [2.24, 2.45) is 0 Å². The summed E-state index contributed by atoms with van der Waals surface area (Å²) in [6.45, 7) is 0. The Morgan fingerprint density at radius 2 is 0.450 bits per heavy atom. The molecule has 9 nitrogen and oxygen atoms in total. The minimum atomic E-state index is -3.63. The summed E-state index contributed by atoms with van der Waals surface area (Å²) in [7, 11) is -10.9. The number of rotatable bonds is 0. The Morgan fingerprint density at radius 3 is 0.450 bits per heavy atom. The van der Waals surface area contributed by atoms with E-state index in [1.54, 1.807) is 0 Å². The molecular weight excluding hydrogens is 523 g/mol. The summed E-state index contributed by atoms with van der Waals surface area (Å²) in [5.74, 6) is 0. The minimum absolute atomic E-state index is 0. The van der Waals surface area contributed by atoms with Crippen molar-refractivity contribution in [3.05, 3.63) is 0 Å². The molecule has 0 aliphatic rings. The van der Waals surface area contributed by atoms with E-state index < -0.39 is 27.5 Å². The Balaban J connectivity index is -0.00000000138. The summed E-state index contributed by atoms with van der Waals surface area (Å²) in [6.07, 6.45) is 0. The van der Waals surface area contributed by atoms with Gasteiger partial charge in [0.2, 0.25) is 0 Å². The van der Waals surface area contributed by atoms with Crippen LogP contribution in [-0.2, 0) is 13.4 Å². The smallest absolute Gasteiger partial charge is 1.00 e. The van der Waals surface area contributed by atoms with Crippen LogP contribution in [0.1, 0.15) is 17.1 Å². The van der Waals surface area contributed by atoms with Gasteiger partial charge in [0.1, 0.15) is 0 Å². The molecular formula is H12Al2Ca6O9Si3. The first kappa shape index (κ1) is 71.0. The predicted molar refractivity (Wildman–Crippen MR) is 78.7 cm³/mol. The van der Waals surface area contributed by atoms with Gasteiger partial charge in [0, 0.05) is 27.5 Å². The van der Waals surface area contributed by atoms with Gasteiger partial charge in [-0.25, -0.2) is 0 Å². The molecule has 0 unspecified atom stereocenters. The van der Waals surface area contributed by atoms with Crippen LogP contribution >= 0.6 is 0 Å². The van der Waals surface area contributed by atoms with Crippen LogP contribution < -0.4 is 28.8 Å². The average molecular weight is 535 g/mol. The predicted octanol–water partition coefficient (Wildman–Crippen LogP) is -10.3. The third-order valence-electron chi connectivity index (χ3n) is 0. The zero-order chi connectivity index (χ0) is 10.7. The fourth-order valence-electron chi connectivity index (χ4n) is 0. The van der Waals surface area contributed by atoms with Crippen molar-refractivity contribution < 1.29 is 59.3 Å². The fourth-order valence-corrected chi connectivity index (χ4v) is 0. The molecule has 0 aromatic rings. The molecule has 0 heterocycles. The van der Waals surface area contributed by atoms with Crippen molar-refractivity contribution >= 4 is 289 Å². The van der Waals surface area contributed by atoms with Gasteiger partial charge in [-0.1, -0.05) is 0 Å². The van der Waals surface area contributed by atoms with Gasteiger partial charge >= 0.3 is 261 Å². The Labute approximate surface area is 339 Å². The van der Waals surface area contributed by atoms with Crippen molar-refractivity contribution in [2.75, 3.05) is 0 Å². The van der Waals surface area contributed by atoms with Gasteiger partial charge in [-0.2, -0.15) is 0 Å². The van der Waals surface area contributed by atoms with Gasteiger partial charge < -0.3 is 59.3 Å². The van der Waals surface area contributed by atoms with E-state index in [1.165, 1.54) is 0 Å². The van der Waals surface area contributed by atoms with Crippen LogP contribution in [0, 0.1) is 0 Å². The largest absolute Gasteiger partial charge is 3.00 e. The van der Waals surface area contributed by atoms with Crippen LogP contribution in [-0.4, -0.2) is 289 Å². The molecule has 20 heavy (non-hydrogen) atoms. The Bertz CT molecular complexity index is 164. The molecule has 0 saturated carbocycles. The summed E-state index contributed by atoms with van der Waals surface area (Å²) < 4.78 is 25.6. The molecule has 0 aromatic carbocycles. The fraction of sp³-hybridized carbons (Fsp3) is 0. The zero-order valence-electron chi connectivity index (χ0n) is 22.6. The summed E-state index contributed by atoms with van der Waals surface area (Å²) in [4.78, 5) is 51.1. The molecule has 0 spiro atoms. The van der Waals surface area contributed by atoms with E-state index in [4.69, 9.17) is 42.2 Å². The summed E-state index contributed by atoms with van der Waals surface area (Å²) in [6, 6.07) is 0. The second-order valence-electron chi connectivity index (χ2n) is 0.750. The first-order chi connectivity index (χ1) is 5.20. The molecule has 0 amide bonds. The van der Waals surface area contributed by atoms with Crippen molar-refractivity contribution in [3.8, 4) is 0 Å². The second-order valence-corrected chi connectivity index (χ2v) is 2.25. The van der Waals surface area contributed by atoms with Gasteiger partial charge in [0.15, 0.2) is 0 Å². The van der Waals surface area contributed by atoms with Crippen LogP contribution in [0.3, 0.4) is 0 Å². The van der Waals surface area contributed by atoms with E-state index in [9.17, 15) is 0 Å². The molecule has 0 aromatic heterocycles. The number of hydrogen-bond acceptors (Lipinski definition) is 9. The van der Waals surface area contributed by atoms with Crippen LogP contribution in [0.15, 0.2) is 0 Å². The van der Waals surface area contributed by atoms with Gasteiger partial charge in [-0.05, 0) is 0 Å². The van der Waals surface area contributed by atoms with Gasteiger partial charge in [0.05, 0.1) is 0 Å². The van der Waals surface area contributed by atoms with E-state index >= 15 is 0 Å². The van der Waals surface area contributed by atoms with Crippen molar-refractivity contribution in [1.82, 2.24) is 0 Å². The molecule has 0 rings (SSSR count). The Morgan fingerprint density at radius 1 is 0.450 bits per heavy atom. The minimum Gasteiger partial charge on any atom is -1.00 e. The maximum atomic E-state index is 8.52. The maximum Gasteiger partial charge on any atom is 3.00 e. The second kappa shape index (κ2) is 63.3. The van der Waals surface area contributed by atoms with E-state index in [0.717, 1.165) is 0 Å². The Hall–Kier alpha value is 7.47. The van der Waals surface area contributed by atoms with Crippen LogP contribution in [0.5, 0.6) is 0 Å². The van der Waals surface area contributed by atoms with Crippen molar-refractivity contribution in [3.63, 3.8) is 0 Å². The summed E-state index contributed by atoms with van der Waals surface area (Å²) in [5, 5.41) is 0. The van der Waals surface area contributed by atoms with Gasteiger partial charge in [-0.3, -0.25) is 0 Å².